The van der Waals surface area contributed by atoms with E-state index in [9.17, 15) is 9.59 Å². The molecular weight excluding hydrogens is 412 g/mol. The van der Waals surface area contributed by atoms with Crippen molar-refractivity contribution >= 4 is 16.9 Å². The summed E-state index contributed by atoms with van der Waals surface area (Å²) in [6.07, 6.45) is 0. The minimum atomic E-state index is -0.597. The predicted octanol–water partition coefficient (Wildman–Crippen LogP) is 2.93. The highest BCUT2D eigenvalue weighted by Crippen LogP contribution is 2.41. The highest BCUT2D eigenvalue weighted by molar-refractivity contribution is 5.99. The maximum atomic E-state index is 13.6. The number of benzene rings is 2. The molecule has 1 unspecified atom stereocenters. The fourth-order valence-electron chi connectivity index (χ4n) is 4.03. The Morgan fingerprint density at radius 2 is 1.72 bits per heavy atom. The van der Waals surface area contributed by atoms with E-state index in [0.717, 1.165) is 5.56 Å². The van der Waals surface area contributed by atoms with E-state index >= 15 is 0 Å². The Morgan fingerprint density at radius 1 is 0.969 bits per heavy atom. The molecule has 8 nitrogen and oxygen atoms in total. The third-order valence-electron chi connectivity index (χ3n) is 5.69. The molecule has 8 heteroatoms. The first-order chi connectivity index (χ1) is 15.4. The lowest BCUT2D eigenvalue weighted by Crippen LogP contribution is -2.35. The molecule has 0 saturated carbocycles. The minimum Gasteiger partial charge on any atom is -0.497 e. The molecule has 1 aromatic heterocycles. The SMILES string of the molecule is COc1ccc2c(=O)c3c(oc2c1)C(=O)N(CCN(C)C)C3c1ccc(OC)c(OC)c1. The van der Waals surface area contributed by atoms with Crippen LogP contribution in [0.25, 0.3) is 11.0 Å². The van der Waals surface area contributed by atoms with E-state index < -0.39 is 6.04 Å². The van der Waals surface area contributed by atoms with Crippen LogP contribution < -0.4 is 19.6 Å². The largest absolute Gasteiger partial charge is 0.497 e. The normalized spacial score (nSPS) is 15.4. The second-order valence-electron chi connectivity index (χ2n) is 7.85. The number of hydrogen-bond acceptors (Lipinski definition) is 7. The number of nitrogens with zero attached hydrogens (tertiary/aromatic N) is 2. The second-order valence-corrected chi connectivity index (χ2v) is 7.85. The van der Waals surface area contributed by atoms with E-state index in [4.69, 9.17) is 18.6 Å². The van der Waals surface area contributed by atoms with Crippen LogP contribution in [0, 0.1) is 0 Å². The van der Waals surface area contributed by atoms with Crippen molar-refractivity contribution in [3.05, 3.63) is 63.5 Å². The van der Waals surface area contributed by atoms with Crippen LogP contribution in [0.15, 0.2) is 45.6 Å². The molecule has 2 aromatic carbocycles. The number of methoxy groups -OCH3 is 3. The highest BCUT2D eigenvalue weighted by Gasteiger charge is 2.42. The molecule has 2 heterocycles. The van der Waals surface area contributed by atoms with E-state index in [1.54, 1.807) is 49.5 Å². The van der Waals surface area contributed by atoms with E-state index in [0.29, 0.717) is 46.9 Å². The van der Waals surface area contributed by atoms with Crippen LogP contribution in [-0.2, 0) is 0 Å². The zero-order valence-electron chi connectivity index (χ0n) is 18.8. The van der Waals surface area contributed by atoms with Crippen LogP contribution in [0.5, 0.6) is 17.2 Å². The quantitative estimate of drug-likeness (QED) is 0.561. The maximum Gasteiger partial charge on any atom is 0.290 e. The Balaban J connectivity index is 1.93. The molecule has 1 amide bonds. The van der Waals surface area contributed by atoms with Crippen LogP contribution in [0.4, 0.5) is 0 Å². The van der Waals surface area contributed by atoms with Crippen LogP contribution in [0.3, 0.4) is 0 Å². The first-order valence-electron chi connectivity index (χ1n) is 10.2. The van der Waals surface area contributed by atoms with E-state index in [-0.39, 0.29) is 17.1 Å². The molecule has 1 aliphatic rings. The van der Waals surface area contributed by atoms with Crippen LogP contribution in [-0.4, -0.2) is 64.2 Å². The fraction of sp³-hybridized carbons (Fsp3) is 0.333. The van der Waals surface area contributed by atoms with Gasteiger partial charge in [0.15, 0.2) is 16.9 Å². The Hall–Kier alpha value is -3.52. The van der Waals surface area contributed by atoms with Gasteiger partial charge in [-0.15, -0.1) is 0 Å². The lowest BCUT2D eigenvalue weighted by atomic mass is 9.98. The summed E-state index contributed by atoms with van der Waals surface area (Å²) < 4.78 is 22.0. The van der Waals surface area contributed by atoms with Gasteiger partial charge in [-0.25, -0.2) is 0 Å². The van der Waals surface area contributed by atoms with Gasteiger partial charge in [0.25, 0.3) is 5.91 Å². The van der Waals surface area contributed by atoms with Crippen molar-refractivity contribution in [2.75, 3.05) is 48.5 Å². The van der Waals surface area contributed by atoms with Gasteiger partial charge < -0.3 is 28.4 Å². The van der Waals surface area contributed by atoms with Crippen molar-refractivity contribution < 1.29 is 23.4 Å². The van der Waals surface area contributed by atoms with Crippen LogP contribution in [0.2, 0.25) is 0 Å². The third-order valence-corrected chi connectivity index (χ3v) is 5.69. The lowest BCUT2D eigenvalue weighted by Gasteiger charge is -2.27. The van der Waals surface area contributed by atoms with Gasteiger partial charge in [-0.05, 0) is 43.9 Å². The van der Waals surface area contributed by atoms with Crippen molar-refractivity contribution in [2.45, 2.75) is 6.04 Å². The zero-order valence-corrected chi connectivity index (χ0v) is 18.8. The van der Waals surface area contributed by atoms with Gasteiger partial charge in [-0.1, -0.05) is 6.07 Å². The fourth-order valence-corrected chi connectivity index (χ4v) is 4.03. The van der Waals surface area contributed by atoms with Crippen molar-refractivity contribution in [3.63, 3.8) is 0 Å². The molecule has 168 valence electrons. The van der Waals surface area contributed by atoms with Crippen LogP contribution in [0.1, 0.15) is 27.7 Å². The summed E-state index contributed by atoms with van der Waals surface area (Å²) in [5, 5.41) is 0.400. The summed E-state index contributed by atoms with van der Waals surface area (Å²) in [6, 6.07) is 9.81. The Bertz CT molecular complexity index is 1230. The van der Waals surface area contributed by atoms with Gasteiger partial charge in [-0.3, -0.25) is 9.59 Å². The molecule has 32 heavy (non-hydrogen) atoms. The number of likely N-dealkylation sites (N-methyl/N-ethyl adjacent to an activating group) is 1. The lowest BCUT2D eigenvalue weighted by molar-refractivity contribution is 0.0716. The summed E-state index contributed by atoms with van der Waals surface area (Å²) in [7, 11) is 8.51. The number of amides is 1. The monoisotopic (exact) mass is 438 g/mol. The third kappa shape index (κ3) is 3.56. The molecule has 0 saturated heterocycles. The molecule has 3 aromatic rings. The summed E-state index contributed by atoms with van der Waals surface area (Å²) in [6.45, 7) is 1.05. The maximum absolute atomic E-state index is 13.6. The summed E-state index contributed by atoms with van der Waals surface area (Å²) >= 11 is 0. The average Bonchev–Trinajstić information content (AvgIpc) is 3.08. The van der Waals surface area contributed by atoms with E-state index in [1.807, 2.05) is 25.1 Å². The molecule has 0 radical (unpaired) electrons. The van der Waals surface area contributed by atoms with Crippen molar-refractivity contribution in [1.82, 2.24) is 9.80 Å². The number of ether oxygens (including phenoxy) is 3. The zero-order chi connectivity index (χ0) is 23.0. The van der Waals surface area contributed by atoms with Gasteiger partial charge in [0.05, 0.1) is 38.3 Å². The molecule has 0 spiro atoms. The average molecular weight is 438 g/mol. The molecule has 0 fully saturated rings. The molecule has 0 aliphatic carbocycles. The topological polar surface area (TPSA) is 81.5 Å². The van der Waals surface area contributed by atoms with Gasteiger partial charge in [0.1, 0.15) is 11.3 Å². The first-order valence-corrected chi connectivity index (χ1v) is 10.2. The van der Waals surface area contributed by atoms with Crippen molar-refractivity contribution in [2.24, 2.45) is 0 Å². The second kappa shape index (κ2) is 8.55. The number of hydrogen-bond donors (Lipinski definition) is 0. The summed E-state index contributed by atoms with van der Waals surface area (Å²) in [4.78, 5) is 30.6. The molecule has 1 aliphatic heterocycles. The summed E-state index contributed by atoms with van der Waals surface area (Å²) in [5.41, 5.74) is 1.17. The molecule has 4 rings (SSSR count). The standard InChI is InChI=1S/C24H26N2O6/c1-25(2)10-11-26-21(14-6-9-17(30-4)19(12-14)31-5)20-22(27)16-8-7-15(29-3)13-18(16)32-23(20)24(26)28/h6-9,12-13,21H,10-11H2,1-5H3. The predicted molar refractivity (Wildman–Crippen MR) is 120 cm³/mol. The Labute approximate surface area is 185 Å². The first kappa shape index (κ1) is 21.7. The molecular formula is C24H26N2O6. The van der Waals surface area contributed by atoms with Gasteiger partial charge >= 0.3 is 0 Å². The van der Waals surface area contributed by atoms with Gasteiger partial charge in [-0.2, -0.15) is 0 Å². The Kier molecular flexibility index (Phi) is 5.80. The van der Waals surface area contributed by atoms with E-state index in [1.165, 1.54) is 7.11 Å². The highest BCUT2D eigenvalue weighted by atomic mass is 16.5. The number of carbonyl (C=O) groups is 1. The number of rotatable bonds is 7. The smallest absolute Gasteiger partial charge is 0.290 e. The van der Waals surface area contributed by atoms with Crippen molar-refractivity contribution in [1.29, 1.82) is 0 Å². The van der Waals surface area contributed by atoms with Gasteiger partial charge in [0.2, 0.25) is 5.76 Å². The van der Waals surface area contributed by atoms with Crippen LogP contribution >= 0.6 is 0 Å². The van der Waals surface area contributed by atoms with Gasteiger partial charge in [0, 0.05) is 19.2 Å². The van der Waals surface area contributed by atoms with Crippen molar-refractivity contribution in [3.8, 4) is 17.2 Å². The minimum absolute atomic E-state index is 0.0642. The number of fused-ring (bicyclic) bond motifs is 2. The number of carbonyl (C=O) groups excluding carboxylic acids is 1. The summed E-state index contributed by atoms with van der Waals surface area (Å²) in [5.74, 6) is 1.39. The van der Waals surface area contributed by atoms with E-state index in [2.05, 4.69) is 0 Å². The molecule has 0 bridgehead atoms. The molecule has 1 atom stereocenters. The molecule has 0 N–H and O–H groups in total. The Morgan fingerprint density at radius 3 is 2.38 bits per heavy atom.